The molecule has 2 amide bonds. The Bertz CT molecular complexity index is 851. The highest BCUT2D eigenvalue weighted by Crippen LogP contribution is 2.30. The third-order valence-electron chi connectivity index (χ3n) is 3.61. The Balaban J connectivity index is 2.09. The molecule has 0 radical (unpaired) electrons. The number of alkyl halides is 3. The zero-order chi connectivity index (χ0) is 20.2. The molecule has 0 aliphatic rings. The SMILES string of the molecule is CC(C)C(=O)Nc1cc(C(=O)NCc2cc(C(F)(F)F)ccc2F)ccn1. The first kappa shape index (κ1) is 20.3. The number of benzene rings is 1. The van der Waals surface area contributed by atoms with Crippen LogP contribution in [0.15, 0.2) is 36.5 Å². The van der Waals surface area contributed by atoms with Crippen molar-refractivity contribution in [1.82, 2.24) is 10.3 Å². The lowest BCUT2D eigenvalue weighted by atomic mass is 10.1. The van der Waals surface area contributed by atoms with Gasteiger partial charge < -0.3 is 10.6 Å². The summed E-state index contributed by atoms with van der Waals surface area (Å²) in [5, 5.41) is 4.88. The summed E-state index contributed by atoms with van der Waals surface area (Å²) in [6.07, 6.45) is -3.31. The minimum Gasteiger partial charge on any atom is -0.348 e. The molecule has 0 aliphatic heterocycles. The Kier molecular flexibility index (Phi) is 6.14. The number of aromatic nitrogens is 1. The third-order valence-corrected chi connectivity index (χ3v) is 3.61. The van der Waals surface area contributed by atoms with Crippen LogP contribution >= 0.6 is 0 Å². The van der Waals surface area contributed by atoms with Crippen LogP contribution in [-0.4, -0.2) is 16.8 Å². The number of halogens is 4. The number of amides is 2. The number of anilines is 1. The highest BCUT2D eigenvalue weighted by Gasteiger charge is 2.31. The number of nitrogens with one attached hydrogen (secondary N) is 2. The van der Waals surface area contributed by atoms with E-state index in [1.165, 1.54) is 18.3 Å². The minimum absolute atomic E-state index is 0.122. The summed E-state index contributed by atoms with van der Waals surface area (Å²) >= 11 is 0. The second-order valence-electron chi connectivity index (χ2n) is 6.06. The molecule has 9 heteroatoms. The molecule has 5 nitrogen and oxygen atoms in total. The van der Waals surface area contributed by atoms with Crippen LogP contribution in [0.25, 0.3) is 0 Å². The van der Waals surface area contributed by atoms with E-state index in [1.54, 1.807) is 13.8 Å². The van der Waals surface area contributed by atoms with Gasteiger partial charge in [0.05, 0.1) is 5.56 Å². The highest BCUT2D eigenvalue weighted by atomic mass is 19.4. The first-order valence-corrected chi connectivity index (χ1v) is 7.98. The molecule has 0 saturated heterocycles. The molecule has 27 heavy (non-hydrogen) atoms. The number of hydrogen-bond acceptors (Lipinski definition) is 3. The second kappa shape index (κ2) is 8.15. The summed E-state index contributed by atoms with van der Waals surface area (Å²) in [7, 11) is 0. The van der Waals surface area contributed by atoms with Gasteiger partial charge in [0, 0.05) is 29.8 Å². The van der Waals surface area contributed by atoms with Gasteiger partial charge in [-0.3, -0.25) is 9.59 Å². The van der Waals surface area contributed by atoms with Crippen molar-refractivity contribution >= 4 is 17.6 Å². The number of nitrogens with zero attached hydrogens (tertiary/aromatic N) is 1. The van der Waals surface area contributed by atoms with Crippen LogP contribution in [0.5, 0.6) is 0 Å². The Morgan fingerprint density at radius 1 is 1.15 bits per heavy atom. The standard InChI is InChI=1S/C18H17F4N3O2/c1-10(2)16(26)25-15-8-11(5-6-23-15)17(27)24-9-12-7-13(18(20,21)22)3-4-14(12)19/h3-8,10H,9H2,1-2H3,(H,24,27)(H,23,25,26). The molecule has 1 aromatic heterocycles. The zero-order valence-electron chi connectivity index (χ0n) is 14.5. The second-order valence-corrected chi connectivity index (χ2v) is 6.06. The molecular formula is C18H17F4N3O2. The lowest BCUT2D eigenvalue weighted by Gasteiger charge is -2.11. The van der Waals surface area contributed by atoms with Crippen LogP contribution in [0, 0.1) is 11.7 Å². The van der Waals surface area contributed by atoms with Gasteiger partial charge in [-0.15, -0.1) is 0 Å². The van der Waals surface area contributed by atoms with Crippen LogP contribution in [0.4, 0.5) is 23.4 Å². The fourth-order valence-corrected chi connectivity index (χ4v) is 2.07. The summed E-state index contributed by atoms with van der Waals surface area (Å²) < 4.78 is 51.9. The largest absolute Gasteiger partial charge is 0.416 e. The molecule has 0 fully saturated rings. The summed E-state index contributed by atoms with van der Waals surface area (Å²) in [5.41, 5.74) is -1.17. The average Bonchev–Trinajstić information content (AvgIpc) is 2.59. The number of carbonyl (C=O) groups is 2. The Hall–Kier alpha value is -2.97. The molecule has 0 saturated carbocycles. The van der Waals surface area contributed by atoms with Crippen molar-refractivity contribution in [2.75, 3.05) is 5.32 Å². The average molecular weight is 383 g/mol. The van der Waals surface area contributed by atoms with Crippen molar-refractivity contribution < 1.29 is 27.2 Å². The number of rotatable bonds is 5. The van der Waals surface area contributed by atoms with E-state index in [9.17, 15) is 27.2 Å². The van der Waals surface area contributed by atoms with Crippen molar-refractivity contribution in [1.29, 1.82) is 0 Å². The first-order valence-electron chi connectivity index (χ1n) is 7.98. The lowest BCUT2D eigenvalue weighted by Crippen LogP contribution is -2.24. The minimum atomic E-state index is -4.61. The van der Waals surface area contributed by atoms with Crippen LogP contribution < -0.4 is 10.6 Å². The summed E-state index contributed by atoms with van der Waals surface area (Å²) in [4.78, 5) is 27.8. The van der Waals surface area contributed by atoms with Crippen molar-refractivity contribution in [2.45, 2.75) is 26.6 Å². The topological polar surface area (TPSA) is 71.1 Å². The van der Waals surface area contributed by atoms with Gasteiger partial charge in [0.15, 0.2) is 0 Å². The Morgan fingerprint density at radius 3 is 2.48 bits per heavy atom. The molecule has 2 aromatic rings. The smallest absolute Gasteiger partial charge is 0.348 e. The third kappa shape index (κ3) is 5.50. The quantitative estimate of drug-likeness (QED) is 0.773. The monoisotopic (exact) mass is 383 g/mol. The molecule has 0 spiro atoms. The first-order chi connectivity index (χ1) is 12.6. The maximum Gasteiger partial charge on any atom is 0.416 e. The van der Waals surface area contributed by atoms with E-state index in [1.807, 2.05) is 0 Å². The fraction of sp³-hybridized carbons (Fsp3) is 0.278. The molecule has 0 unspecified atom stereocenters. The van der Waals surface area contributed by atoms with Crippen molar-refractivity contribution in [3.63, 3.8) is 0 Å². The molecule has 2 rings (SSSR count). The summed E-state index contributed by atoms with van der Waals surface area (Å²) in [6.45, 7) is 2.95. The molecule has 2 N–H and O–H groups in total. The summed E-state index contributed by atoms with van der Waals surface area (Å²) in [6, 6.07) is 4.67. The van der Waals surface area contributed by atoms with Gasteiger partial charge in [-0.1, -0.05) is 13.8 Å². The van der Waals surface area contributed by atoms with Gasteiger partial charge in [0.2, 0.25) is 5.91 Å². The van der Waals surface area contributed by atoms with Crippen LogP contribution in [-0.2, 0) is 17.5 Å². The number of carbonyl (C=O) groups excluding carboxylic acids is 2. The predicted octanol–water partition coefficient (Wildman–Crippen LogP) is 3.76. The fourth-order valence-electron chi connectivity index (χ4n) is 2.07. The molecule has 144 valence electrons. The van der Waals surface area contributed by atoms with Crippen molar-refractivity contribution in [3.8, 4) is 0 Å². The molecule has 1 heterocycles. The molecule has 0 aliphatic carbocycles. The van der Waals surface area contributed by atoms with E-state index in [-0.39, 0.29) is 28.8 Å². The van der Waals surface area contributed by atoms with Gasteiger partial charge in [0.25, 0.3) is 5.91 Å². The van der Waals surface area contributed by atoms with Crippen molar-refractivity contribution in [2.24, 2.45) is 5.92 Å². The van der Waals surface area contributed by atoms with E-state index >= 15 is 0 Å². The van der Waals surface area contributed by atoms with Gasteiger partial charge in [-0.2, -0.15) is 13.2 Å². The van der Waals surface area contributed by atoms with E-state index < -0.39 is 30.0 Å². The molecular weight excluding hydrogens is 366 g/mol. The van der Waals surface area contributed by atoms with Gasteiger partial charge in [0.1, 0.15) is 11.6 Å². The molecule has 1 aromatic carbocycles. The zero-order valence-corrected chi connectivity index (χ0v) is 14.5. The normalized spacial score (nSPS) is 11.4. The predicted molar refractivity (Wildman–Crippen MR) is 90.3 cm³/mol. The van der Waals surface area contributed by atoms with E-state index in [2.05, 4.69) is 15.6 Å². The number of pyridine rings is 1. The van der Waals surface area contributed by atoms with Gasteiger partial charge >= 0.3 is 6.18 Å². The Labute approximate surface area is 152 Å². The van der Waals surface area contributed by atoms with Crippen LogP contribution in [0.3, 0.4) is 0 Å². The van der Waals surface area contributed by atoms with Crippen molar-refractivity contribution in [3.05, 3.63) is 59.0 Å². The molecule has 0 bridgehead atoms. The highest BCUT2D eigenvalue weighted by molar-refractivity contribution is 5.96. The van der Waals surface area contributed by atoms with E-state index in [0.717, 1.165) is 0 Å². The maximum absolute atomic E-state index is 13.7. The van der Waals surface area contributed by atoms with E-state index in [0.29, 0.717) is 18.2 Å². The van der Waals surface area contributed by atoms with Crippen LogP contribution in [0.1, 0.15) is 35.3 Å². The molecule has 0 atom stereocenters. The Morgan fingerprint density at radius 2 is 1.85 bits per heavy atom. The van der Waals surface area contributed by atoms with Gasteiger partial charge in [-0.05, 0) is 30.3 Å². The maximum atomic E-state index is 13.7. The summed E-state index contributed by atoms with van der Waals surface area (Å²) in [5.74, 6) is -1.91. The number of hydrogen-bond donors (Lipinski definition) is 2. The van der Waals surface area contributed by atoms with E-state index in [4.69, 9.17) is 0 Å². The van der Waals surface area contributed by atoms with Crippen LogP contribution in [0.2, 0.25) is 0 Å². The lowest BCUT2D eigenvalue weighted by molar-refractivity contribution is -0.137. The van der Waals surface area contributed by atoms with Gasteiger partial charge in [-0.25, -0.2) is 9.37 Å².